The van der Waals surface area contributed by atoms with Crippen molar-refractivity contribution in [1.82, 2.24) is 40.8 Å². The molecule has 2 fully saturated rings. The van der Waals surface area contributed by atoms with Crippen molar-refractivity contribution >= 4 is 51.0 Å². The van der Waals surface area contributed by atoms with Crippen molar-refractivity contribution in [2.75, 3.05) is 56.6 Å². The van der Waals surface area contributed by atoms with Gasteiger partial charge in [-0.25, -0.2) is 18.0 Å². The molecule has 5 aliphatic rings. The van der Waals surface area contributed by atoms with Crippen LogP contribution in [0.4, 0.5) is 11.4 Å². The van der Waals surface area contributed by atoms with Gasteiger partial charge in [-0.3, -0.25) is 28.7 Å². The summed E-state index contributed by atoms with van der Waals surface area (Å²) in [4.78, 5) is 70.9. The first kappa shape index (κ1) is 69.5. The Morgan fingerprint density at radius 2 is 1.57 bits per heavy atom. The predicted molar refractivity (Wildman–Crippen MR) is 315 cm³/mol. The van der Waals surface area contributed by atoms with E-state index in [1.165, 1.54) is 23.4 Å². The van der Waals surface area contributed by atoms with Gasteiger partial charge in [-0.05, 0) is 96.3 Å². The first-order chi connectivity index (χ1) is 42.8. The maximum atomic E-state index is 13.2. The number of fused-ring (bicyclic) bond motifs is 4. The van der Waals surface area contributed by atoms with Crippen molar-refractivity contribution in [2.24, 2.45) is 10.7 Å². The number of anilines is 1. The first-order valence-electron chi connectivity index (χ1n) is 30.5. The van der Waals surface area contributed by atoms with Gasteiger partial charge in [-0.2, -0.15) is 0 Å². The molecule has 31 nitrogen and oxygen atoms in total. The molecule has 90 heavy (non-hydrogen) atoms. The Kier molecular flexibility index (Phi) is 23.8. The molecular formula is C58H85N11O20S. The van der Waals surface area contributed by atoms with Gasteiger partial charge in [0.25, 0.3) is 0 Å². The van der Waals surface area contributed by atoms with Gasteiger partial charge < -0.3 is 95.9 Å². The van der Waals surface area contributed by atoms with Crippen molar-refractivity contribution in [3.05, 3.63) is 58.0 Å². The van der Waals surface area contributed by atoms with Crippen molar-refractivity contribution in [3.8, 4) is 11.5 Å². The van der Waals surface area contributed by atoms with Crippen molar-refractivity contribution in [2.45, 2.75) is 196 Å². The zero-order chi connectivity index (χ0) is 65.2. The number of benzene rings is 2. The molecule has 3 aromatic rings. The van der Waals surface area contributed by atoms with Crippen molar-refractivity contribution < 1.29 is 96.4 Å². The lowest BCUT2D eigenvalue weighted by atomic mass is 9.79. The Bertz CT molecular complexity index is 3280. The predicted octanol–water partition coefficient (Wildman–Crippen LogP) is -3.92. The molecule has 5 amide bonds. The highest BCUT2D eigenvalue weighted by Crippen LogP contribution is 2.49. The normalized spacial score (nSPS) is 25.8. The number of aliphatic hydroxyl groups excluding tert-OH is 7. The summed E-state index contributed by atoms with van der Waals surface area (Å²) < 4.78 is 69.4. The van der Waals surface area contributed by atoms with Crippen LogP contribution >= 0.6 is 0 Å². The van der Waals surface area contributed by atoms with Gasteiger partial charge in [0.1, 0.15) is 90.7 Å². The molecule has 8 rings (SSSR count). The fourth-order valence-electron chi connectivity index (χ4n) is 12.2. The van der Waals surface area contributed by atoms with E-state index in [4.69, 9.17) is 34.4 Å². The lowest BCUT2D eigenvalue weighted by Gasteiger charge is -2.48. The Balaban J connectivity index is 0.748. The van der Waals surface area contributed by atoms with E-state index in [-0.39, 0.29) is 50.6 Å². The van der Waals surface area contributed by atoms with E-state index in [0.29, 0.717) is 78.9 Å². The molecule has 1 aromatic heterocycles. The molecule has 13 N–H and O–H groups in total. The van der Waals surface area contributed by atoms with Gasteiger partial charge in [-0.15, -0.1) is 5.10 Å². The number of carbonyl (C=O) groups is 5. The van der Waals surface area contributed by atoms with E-state index in [1.54, 1.807) is 0 Å². The second kappa shape index (κ2) is 30.8. The molecule has 0 saturated carbocycles. The van der Waals surface area contributed by atoms with Crippen LogP contribution < -0.4 is 51.9 Å². The molecule has 32 heteroatoms. The lowest BCUT2D eigenvalue weighted by molar-refractivity contribution is -0.368. The Morgan fingerprint density at radius 3 is 2.27 bits per heavy atom. The summed E-state index contributed by atoms with van der Waals surface area (Å²) in [6.45, 7) is 7.77. The number of nitrogens with one attached hydrogen (secondary N) is 4. The number of carbonyl (C=O) groups excluding carboxylic acids is 5. The molecule has 13 atom stereocenters. The van der Waals surface area contributed by atoms with E-state index in [1.807, 2.05) is 32.0 Å². The molecular weight excluding hydrogens is 1200 g/mol. The maximum absolute atomic E-state index is 13.2. The Labute approximate surface area is 519 Å². The molecule has 0 bridgehead atoms. The number of nitrogens with two attached hydrogens (primary N) is 1. The molecule has 0 radical (unpaired) electrons. The van der Waals surface area contributed by atoms with Crippen LogP contribution in [-0.2, 0) is 72.6 Å². The van der Waals surface area contributed by atoms with E-state index >= 15 is 0 Å². The third-order valence-corrected chi connectivity index (χ3v) is 17.6. The van der Waals surface area contributed by atoms with Crippen LogP contribution in [0.5, 0.6) is 11.5 Å². The van der Waals surface area contributed by atoms with Gasteiger partial charge in [-0.1, -0.05) is 5.21 Å². The van der Waals surface area contributed by atoms with Crippen LogP contribution in [0.1, 0.15) is 115 Å². The third kappa shape index (κ3) is 17.6. The SMILES string of the molecule is CC[N+]1=c2cc3c(cc2CCC1)=Nc1cc2c(cc1O3)N(CCCC(=O)NCCCC[C@H](NC(=O)CNC(=O)[C@H](CCCCn1cc(CO[C@H]3O[C@H](CO)[C@@H](O)[C@H](O)[C@@H]3O[C@H]3O[C@H](CO)[C@@H](O)[C@H](O)[C@@H]3O)nn1)NC(C)=O)C(N)=O)C(C)(C)CC2CS(=O)(=O)[O-]. The van der Waals surface area contributed by atoms with Crippen LogP contribution in [0.25, 0.3) is 0 Å². The smallest absolute Gasteiger partial charge is 0.243 e. The zero-order valence-electron chi connectivity index (χ0n) is 50.8. The minimum absolute atomic E-state index is 0.141. The second-order valence-electron chi connectivity index (χ2n) is 24.0. The Hall–Kier alpha value is -6.40. The summed E-state index contributed by atoms with van der Waals surface area (Å²) in [7, 11) is -4.59. The number of hydrogen-bond donors (Lipinski definition) is 12. The summed E-state index contributed by atoms with van der Waals surface area (Å²) >= 11 is 0. The van der Waals surface area contributed by atoms with Gasteiger partial charge in [0.15, 0.2) is 24.1 Å². The Morgan fingerprint density at radius 1 is 0.856 bits per heavy atom. The lowest BCUT2D eigenvalue weighted by Crippen LogP contribution is -2.64. The number of aryl methyl sites for hydroxylation is 2. The van der Waals surface area contributed by atoms with E-state index < -0.39 is 144 Å². The first-order valence-corrected chi connectivity index (χ1v) is 32.0. The number of rotatable bonds is 30. The summed E-state index contributed by atoms with van der Waals surface area (Å²) in [6.07, 6.45) is -9.91. The molecule has 0 spiro atoms. The fraction of sp³-hybridized carbons (Fsp3) is 0.672. The molecule has 5 aliphatic heterocycles. The second-order valence-corrected chi connectivity index (χ2v) is 25.5. The average molecular weight is 1290 g/mol. The molecule has 2 saturated heterocycles. The van der Waals surface area contributed by atoms with Crippen LogP contribution in [-0.4, -0.2) is 224 Å². The van der Waals surface area contributed by atoms with Gasteiger partial charge >= 0.3 is 0 Å². The quantitative estimate of drug-likeness (QED) is 0.0135. The molecule has 2 aromatic carbocycles. The van der Waals surface area contributed by atoms with Crippen LogP contribution in [0.2, 0.25) is 0 Å². The minimum Gasteiger partial charge on any atom is -0.748 e. The van der Waals surface area contributed by atoms with Gasteiger partial charge in [0.05, 0.1) is 48.7 Å². The highest BCUT2D eigenvalue weighted by Gasteiger charge is 2.51. The largest absolute Gasteiger partial charge is 0.748 e. The average Bonchev–Trinajstić information content (AvgIpc) is 0.781. The summed E-state index contributed by atoms with van der Waals surface area (Å²) in [5.41, 5.74) is 8.39. The van der Waals surface area contributed by atoms with Crippen LogP contribution in [0.3, 0.4) is 0 Å². The maximum Gasteiger partial charge on any atom is 0.243 e. The topological polar surface area (TPSA) is 454 Å². The summed E-state index contributed by atoms with van der Waals surface area (Å²) in [5, 5.41) is 92.1. The van der Waals surface area contributed by atoms with Gasteiger partial charge in [0, 0.05) is 73.9 Å². The van der Waals surface area contributed by atoms with E-state index in [9.17, 15) is 72.7 Å². The fourth-order valence-corrected chi connectivity index (χ4v) is 13.0. The van der Waals surface area contributed by atoms with Crippen molar-refractivity contribution in [3.63, 3.8) is 0 Å². The highest BCUT2D eigenvalue weighted by molar-refractivity contribution is 7.85. The number of unbranched alkanes of at least 4 members (excludes halogenated alkanes) is 2. The number of hydrogen-bond acceptors (Lipinski definition) is 24. The number of nitrogens with zero attached hydrogens (tertiary/aromatic N) is 6. The number of primary amides is 1. The molecule has 6 heterocycles. The molecule has 1 unspecified atom stereocenters. The molecule has 498 valence electrons. The summed E-state index contributed by atoms with van der Waals surface area (Å²) in [5.74, 6) is -2.93. The summed E-state index contributed by atoms with van der Waals surface area (Å²) in [6, 6.07) is 5.65. The number of aliphatic hydroxyl groups is 7. The van der Waals surface area contributed by atoms with Crippen LogP contribution in [0, 0.1) is 0 Å². The number of amides is 5. The van der Waals surface area contributed by atoms with Crippen molar-refractivity contribution in [1.29, 1.82) is 0 Å². The minimum atomic E-state index is -4.59. The number of aromatic nitrogens is 3. The van der Waals surface area contributed by atoms with E-state index in [2.05, 4.69) is 54.0 Å². The van der Waals surface area contributed by atoms with E-state index in [0.717, 1.165) is 31.3 Å². The molecule has 0 aliphatic carbocycles. The third-order valence-electron chi connectivity index (χ3n) is 16.8. The standard InChI is InChI=1S/C58H85N11O20S/c1-5-67-17-10-12-32-20-38-42(22-40(32)67)86-43-23-41-35(21-39(43)63-38)33(30-90(82,83)84)24-58(3,4)69(41)19-11-15-46(73)60-16-8-6-13-36(54(59)80)64-47(74)25-61-55(81)37(62-31(2)72)14-7-9-18-68-26-34(65-66-68)29-85-57-53(51(78)49(76)45(28-71)88-57)89-56-52(79)50(77)48(75)44(27-70)87-56/h20-23,26,33,36-37,44-45,48-53,56-57,70-71,75-79H,5-19,24-25,27-30H2,1-4H3,(H6-,59,60,61,62,64,72,73,74,80,81,82,83,84)/t33?,36-,37-,44+,45+,48+,49+,50-,51-,52-,53-,56+,57-/m0/s1. The zero-order valence-corrected chi connectivity index (χ0v) is 51.7. The monoisotopic (exact) mass is 1290 g/mol. The highest BCUT2D eigenvalue weighted by atomic mass is 32.2. The number of ether oxygens (including phenoxy) is 5. The van der Waals surface area contributed by atoms with Gasteiger partial charge in [0.2, 0.25) is 34.9 Å². The van der Waals surface area contributed by atoms with Crippen LogP contribution in [0.15, 0.2) is 35.5 Å².